The van der Waals surface area contributed by atoms with Crippen molar-refractivity contribution in [1.82, 2.24) is 19.9 Å². The van der Waals surface area contributed by atoms with E-state index in [9.17, 15) is 4.79 Å². The first-order valence-corrected chi connectivity index (χ1v) is 9.09. The van der Waals surface area contributed by atoms with Crippen molar-refractivity contribution in [3.05, 3.63) is 42.6 Å². The maximum absolute atomic E-state index is 12.3. The molecule has 0 bridgehead atoms. The molecule has 0 saturated heterocycles. The lowest BCUT2D eigenvalue weighted by Gasteiger charge is -2.20. The van der Waals surface area contributed by atoms with Gasteiger partial charge in [0.25, 0.3) is 0 Å². The van der Waals surface area contributed by atoms with Crippen LogP contribution in [0.25, 0.3) is 5.82 Å². The van der Waals surface area contributed by atoms with Gasteiger partial charge >= 0.3 is 0 Å². The van der Waals surface area contributed by atoms with E-state index in [1.54, 1.807) is 18.7 Å². The molecule has 1 saturated carbocycles. The molecule has 134 valence electrons. The molecule has 1 aliphatic carbocycles. The van der Waals surface area contributed by atoms with Crippen LogP contribution in [0.5, 0.6) is 0 Å². The van der Waals surface area contributed by atoms with Crippen LogP contribution in [-0.4, -0.2) is 32.7 Å². The third kappa shape index (κ3) is 5.13. The van der Waals surface area contributed by atoms with Crippen LogP contribution in [0.4, 0.5) is 0 Å². The number of imidazole rings is 1. The number of ether oxygens (including phenoxy) is 1. The van der Waals surface area contributed by atoms with Gasteiger partial charge in [-0.05, 0) is 31.4 Å². The summed E-state index contributed by atoms with van der Waals surface area (Å²) < 4.78 is 7.79. The summed E-state index contributed by atoms with van der Waals surface area (Å²) in [7, 11) is 0. The molecular weight excluding hydrogens is 316 g/mol. The molecule has 2 heterocycles. The number of aromatic nitrogens is 3. The van der Waals surface area contributed by atoms with Crippen molar-refractivity contribution in [2.45, 2.75) is 64.2 Å². The van der Waals surface area contributed by atoms with E-state index >= 15 is 0 Å². The largest absolute Gasteiger partial charge is 0.365 e. The van der Waals surface area contributed by atoms with Gasteiger partial charge in [0.05, 0.1) is 6.10 Å². The van der Waals surface area contributed by atoms with Gasteiger partial charge in [-0.25, -0.2) is 9.97 Å². The molecule has 2 aromatic rings. The lowest BCUT2D eigenvalue weighted by molar-refractivity contribution is -0.136. The predicted octanol–water partition coefficient (Wildman–Crippen LogP) is 3.01. The van der Waals surface area contributed by atoms with Gasteiger partial charge in [-0.3, -0.25) is 9.36 Å². The number of nitrogens with one attached hydrogen (secondary N) is 1. The van der Waals surface area contributed by atoms with Gasteiger partial charge in [0.2, 0.25) is 5.91 Å². The Morgan fingerprint density at radius 2 is 2.12 bits per heavy atom. The zero-order valence-corrected chi connectivity index (χ0v) is 14.7. The van der Waals surface area contributed by atoms with Gasteiger partial charge in [-0.2, -0.15) is 0 Å². The van der Waals surface area contributed by atoms with E-state index in [-0.39, 0.29) is 12.0 Å². The summed E-state index contributed by atoms with van der Waals surface area (Å²) in [5.41, 5.74) is 0.957. The second-order valence-corrected chi connectivity index (χ2v) is 6.60. The van der Waals surface area contributed by atoms with Crippen molar-refractivity contribution in [3.8, 4) is 5.82 Å². The molecule has 6 nitrogen and oxygen atoms in total. The summed E-state index contributed by atoms with van der Waals surface area (Å²) in [6.45, 7) is 2.29. The van der Waals surface area contributed by atoms with Crippen molar-refractivity contribution in [2.24, 2.45) is 0 Å². The molecule has 1 atom stereocenters. The summed E-state index contributed by atoms with van der Waals surface area (Å²) in [6.07, 6.45) is 13.9. The highest BCUT2D eigenvalue weighted by molar-refractivity contribution is 5.80. The van der Waals surface area contributed by atoms with Crippen molar-refractivity contribution in [2.75, 3.05) is 0 Å². The van der Waals surface area contributed by atoms with E-state index < -0.39 is 6.10 Å². The SMILES string of the molecule is C[C@H](OC1CCCCCC1)C(=O)NCc1ccc(-n2ccnc2)nc1. The van der Waals surface area contributed by atoms with Gasteiger partial charge in [-0.15, -0.1) is 0 Å². The lowest BCUT2D eigenvalue weighted by Crippen LogP contribution is -2.36. The minimum absolute atomic E-state index is 0.0667. The summed E-state index contributed by atoms with van der Waals surface area (Å²) >= 11 is 0. The van der Waals surface area contributed by atoms with Gasteiger partial charge in [0.1, 0.15) is 18.2 Å². The Bertz CT molecular complexity index is 647. The standard InChI is InChI=1S/C19H26N4O2/c1-15(25-17-6-4-2-3-5-7-17)19(24)22-13-16-8-9-18(21-12-16)23-11-10-20-14-23/h8-12,14-15,17H,2-7,13H2,1H3,(H,22,24)/t15-/m0/s1. The Balaban J connectivity index is 1.46. The highest BCUT2D eigenvalue weighted by Crippen LogP contribution is 2.21. The normalized spacial score (nSPS) is 17.0. The number of amides is 1. The molecule has 25 heavy (non-hydrogen) atoms. The fraction of sp³-hybridized carbons (Fsp3) is 0.526. The van der Waals surface area contributed by atoms with Gasteiger partial charge < -0.3 is 10.1 Å². The van der Waals surface area contributed by atoms with Gasteiger partial charge in [0.15, 0.2) is 0 Å². The molecule has 1 amide bonds. The van der Waals surface area contributed by atoms with Crippen LogP contribution in [0.1, 0.15) is 51.0 Å². The maximum atomic E-state index is 12.3. The highest BCUT2D eigenvalue weighted by atomic mass is 16.5. The summed E-state index contributed by atoms with van der Waals surface area (Å²) in [6, 6.07) is 3.87. The van der Waals surface area contributed by atoms with Crippen LogP contribution < -0.4 is 5.32 Å². The zero-order valence-electron chi connectivity index (χ0n) is 14.7. The van der Waals surface area contributed by atoms with Crippen molar-refractivity contribution < 1.29 is 9.53 Å². The smallest absolute Gasteiger partial charge is 0.249 e. The highest BCUT2D eigenvalue weighted by Gasteiger charge is 2.20. The minimum Gasteiger partial charge on any atom is -0.365 e. The molecule has 6 heteroatoms. The molecule has 3 rings (SSSR count). The van der Waals surface area contributed by atoms with E-state index in [1.165, 1.54) is 25.7 Å². The Morgan fingerprint density at radius 1 is 1.32 bits per heavy atom. The van der Waals surface area contributed by atoms with E-state index in [4.69, 9.17) is 4.74 Å². The van der Waals surface area contributed by atoms with Gasteiger partial charge in [-0.1, -0.05) is 31.7 Å². The number of hydrogen-bond donors (Lipinski definition) is 1. The molecule has 1 N–H and O–H groups in total. The van der Waals surface area contributed by atoms with Crippen LogP contribution in [-0.2, 0) is 16.1 Å². The minimum atomic E-state index is -0.415. The van der Waals surface area contributed by atoms with Crippen molar-refractivity contribution in [1.29, 1.82) is 0 Å². The second-order valence-electron chi connectivity index (χ2n) is 6.60. The van der Waals surface area contributed by atoms with Crippen LogP contribution >= 0.6 is 0 Å². The Hall–Kier alpha value is -2.21. The number of nitrogens with zero attached hydrogens (tertiary/aromatic N) is 3. The summed E-state index contributed by atoms with van der Waals surface area (Å²) in [5.74, 6) is 0.737. The fourth-order valence-electron chi connectivity index (χ4n) is 3.13. The number of pyridine rings is 1. The fourth-order valence-corrected chi connectivity index (χ4v) is 3.13. The summed E-state index contributed by atoms with van der Waals surface area (Å²) in [4.78, 5) is 20.7. The van der Waals surface area contributed by atoms with Crippen LogP contribution in [0.3, 0.4) is 0 Å². The van der Waals surface area contributed by atoms with Crippen LogP contribution in [0, 0.1) is 0 Å². The molecular formula is C19H26N4O2. The monoisotopic (exact) mass is 342 g/mol. The number of hydrogen-bond acceptors (Lipinski definition) is 4. The first kappa shape index (κ1) is 17.6. The first-order chi connectivity index (χ1) is 12.2. The Kier molecular flexibility index (Phi) is 6.17. The van der Waals surface area contributed by atoms with Crippen molar-refractivity contribution >= 4 is 5.91 Å². The molecule has 2 aromatic heterocycles. The number of rotatable bonds is 6. The van der Waals surface area contributed by atoms with Gasteiger partial charge in [0, 0.05) is 25.1 Å². The first-order valence-electron chi connectivity index (χ1n) is 9.09. The van der Waals surface area contributed by atoms with Crippen LogP contribution in [0.15, 0.2) is 37.1 Å². The molecule has 0 radical (unpaired) electrons. The molecule has 0 aliphatic heterocycles. The molecule has 0 aromatic carbocycles. The molecule has 0 unspecified atom stereocenters. The van der Waals surface area contributed by atoms with E-state index in [0.29, 0.717) is 6.54 Å². The third-order valence-corrected chi connectivity index (χ3v) is 4.61. The summed E-state index contributed by atoms with van der Waals surface area (Å²) in [5, 5.41) is 2.94. The number of carbonyl (C=O) groups is 1. The molecule has 1 fully saturated rings. The predicted molar refractivity (Wildman–Crippen MR) is 95.2 cm³/mol. The topological polar surface area (TPSA) is 69.0 Å². The van der Waals surface area contributed by atoms with E-state index in [0.717, 1.165) is 24.2 Å². The Labute approximate surface area is 148 Å². The van der Waals surface area contributed by atoms with Crippen molar-refractivity contribution in [3.63, 3.8) is 0 Å². The quantitative estimate of drug-likeness (QED) is 0.819. The average molecular weight is 342 g/mol. The van der Waals surface area contributed by atoms with Crippen LogP contribution in [0.2, 0.25) is 0 Å². The number of carbonyl (C=O) groups excluding carboxylic acids is 1. The maximum Gasteiger partial charge on any atom is 0.249 e. The lowest BCUT2D eigenvalue weighted by atomic mass is 10.1. The zero-order chi connectivity index (χ0) is 17.5. The second kappa shape index (κ2) is 8.76. The van der Waals surface area contributed by atoms with E-state index in [1.807, 2.05) is 29.8 Å². The molecule has 0 spiro atoms. The average Bonchev–Trinajstić information content (AvgIpc) is 3.05. The third-order valence-electron chi connectivity index (χ3n) is 4.61. The molecule has 1 aliphatic rings. The Morgan fingerprint density at radius 3 is 2.76 bits per heavy atom. The van der Waals surface area contributed by atoms with E-state index in [2.05, 4.69) is 15.3 Å².